The summed E-state index contributed by atoms with van der Waals surface area (Å²) in [5.41, 5.74) is 13.0. The van der Waals surface area contributed by atoms with Gasteiger partial charge in [-0.05, 0) is 156 Å². The van der Waals surface area contributed by atoms with Gasteiger partial charge in [0.25, 0.3) is 0 Å². The van der Waals surface area contributed by atoms with Crippen molar-refractivity contribution in [2.24, 2.45) is 0 Å². The van der Waals surface area contributed by atoms with Crippen LogP contribution >= 0.6 is 0 Å². The van der Waals surface area contributed by atoms with E-state index in [4.69, 9.17) is 0 Å². The van der Waals surface area contributed by atoms with Gasteiger partial charge < -0.3 is 0 Å². The molecule has 0 atom stereocenters. The molecule has 1 aliphatic rings. The molecule has 1 aliphatic carbocycles. The van der Waals surface area contributed by atoms with E-state index in [9.17, 15) is 0 Å². The average molecular weight is 497 g/mol. The minimum atomic E-state index is 0.945. The molecule has 0 aliphatic heterocycles. The molecule has 6 aromatic carbocycles. The summed E-state index contributed by atoms with van der Waals surface area (Å²) in [7, 11) is 0. The molecule has 39 heavy (non-hydrogen) atoms. The first-order valence-corrected chi connectivity index (χ1v) is 13.6. The summed E-state index contributed by atoms with van der Waals surface area (Å²) in [6.07, 6.45) is 0.945. The maximum absolute atomic E-state index is 2.41. The molecule has 0 saturated heterocycles. The van der Waals surface area contributed by atoms with E-state index in [2.05, 4.69) is 158 Å². The first-order chi connectivity index (χ1) is 19.3. The highest BCUT2D eigenvalue weighted by molar-refractivity contribution is 5.79. The molecular formula is C39H28+2. The summed E-state index contributed by atoms with van der Waals surface area (Å²) >= 11 is 0. The quantitative estimate of drug-likeness (QED) is 0.159. The second-order valence-electron chi connectivity index (χ2n) is 10.1. The number of rotatable bonds is 6. The largest absolute Gasteiger partial charge is 0.0632 e. The van der Waals surface area contributed by atoms with Crippen LogP contribution in [0, 0.1) is 11.8 Å². The Kier molecular flexibility index (Phi) is 6.00. The molecule has 0 spiro atoms. The highest BCUT2D eigenvalue weighted by Gasteiger charge is 2.29. The van der Waals surface area contributed by atoms with Gasteiger partial charge in [0, 0.05) is 6.42 Å². The van der Waals surface area contributed by atoms with Crippen LogP contribution in [0.3, 0.4) is 0 Å². The maximum Gasteiger partial charge on any atom is 0.0632 e. The molecule has 7 rings (SSSR count). The molecule has 0 fully saturated rings. The summed E-state index contributed by atoms with van der Waals surface area (Å²) in [6.45, 7) is 0. The van der Waals surface area contributed by atoms with E-state index in [1.54, 1.807) is 0 Å². The van der Waals surface area contributed by atoms with Crippen molar-refractivity contribution in [3.8, 4) is 11.1 Å². The van der Waals surface area contributed by atoms with Crippen LogP contribution in [0.25, 0.3) is 11.1 Å². The van der Waals surface area contributed by atoms with Crippen molar-refractivity contribution in [1.29, 1.82) is 0 Å². The Morgan fingerprint density at radius 1 is 0.308 bits per heavy atom. The molecule has 0 aromatic heterocycles. The van der Waals surface area contributed by atoms with Crippen LogP contribution in [0.15, 0.2) is 158 Å². The minimum Gasteiger partial charge on any atom is -0.0511 e. The van der Waals surface area contributed by atoms with Gasteiger partial charge in [0.15, 0.2) is 0 Å². The molecule has 0 unspecified atom stereocenters. The molecule has 0 nitrogen and oxygen atoms in total. The molecular weight excluding hydrogens is 468 g/mol. The Morgan fingerprint density at radius 2 is 0.615 bits per heavy atom. The van der Waals surface area contributed by atoms with Crippen LogP contribution in [-0.2, 0) is 6.42 Å². The topological polar surface area (TPSA) is 0 Å². The standard InChI is InChI=1S/C39H28/c1-5-13-28(14-6-1)38(29-15-7-2-8-16-29)32-21-23-36-34(25-32)27-35-26-33(22-24-37(35)36)39(30-17-9-3-10-18-30)31-19-11-4-12-20-31/h1-26H,27H2/q+2. The van der Waals surface area contributed by atoms with Crippen molar-refractivity contribution in [3.63, 3.8) is 0 Å². The van der Waals surface area contributed by atoms with Gasteiger partial charge >= 0.3 is 0 Å². The first-order valence-electron chi connectivity index (χ1n) is 13.6. The molecule has 0 heteroatoms. The van der Waals surface area contributed by atoms with Crippen LogP contribution in [0.2, 0.25) is 0 Å². The Hall–Kier alpha value is -4.94. The highest BCUT2D eigenvalue weighted by Crippen LogP contribution is 2.42. The Balaban J connectivity index is 1.27. The third-order valence-electron chi connectivity index (χ3n) is 7.71. The van der Waals surface area contributed by atoms with E-state index < -0.39 is 0 Å². The van der Waals surface area contributed by atoms with Gasteiger partial charge in [-0.3, -0.25) is 0 Å². The summed E-state index contributed by atoms with van der Waals surface area (Å²) in [4.78, 5) is 0. The second-order valence-corrected chi connectivity index (χ2v) is 10.1. The van der Waals surface area contributed by atoms with Crippen LogP contribution in [0.4, 0.5) is 0 Å². The minimum absolute atomic E-state index is 0.945. The zero-order valence-electron chi connectivity index (χ0n) is 21.7. The number of hydrogen-bond donors (Lipinski definition) is 0. The van der Waals surface area contributed by atoms with Crippen molar-refractivity contribution in [3.05, 3.63) is 214 Å². The maximum atomic E-state index is 2.41. The molecule has 0 bridgehead atoms. The van der Waals surface area contributed by atoms with Crippen LogP contribution in [0.5, 0.6) is 0 Å². The molecule has 6 aromatic rings. The lowest BCUT2D eigenvalue weighted by atomic mass is 9.84. The van der Waals surface area contributed by atoms with E-state index in [0.29, 0.717) is 0 Å². The summed E-state index contributed by atoms with van der Waals surface area (Å²) in [5.74, 6) is 2.55. The number of benzene rings is 6. The van der Waals surface area contributed by atoms with E-state index >= 15 is 0 Å². The third kappa shape index (κ3) is 4.41. The summed E-state index contributed by atoms with van der Waals surface area (Å²) in [5, 5.41) is 0. The predicted octanol–water partition coefficient (Wildman–Crippen LogP) is 9.30. The number of fused-ring (bicyclic) bond motifs is 3. The van der Waals surface area contributed by atoms with E-state index in [0.717, 1.165) is 6.42 Å². The van der Waals surface area contributed by atoms with Crippen LogP contribution in [0.1, 0.15) is 44.5 Å². The van der Waals surface area contributed by atoms with Crippen molar-refractivity contribution >= 4 is 0 Å². The SMILES string of the molecule is c1ccc([C+](c2ccccc2)c2ccc3c(c2)Cc2cc([C+](c4ccccc4)c4ccccc4)ccc2-3)cc1. The van der Waals surface area contributed by atoms with Gasteiger partial charge in [0.1, 0.15) is 0 Å². The predicted molar refractivity (Wildman–Crippen MR) is 162 cm³/mol. The van der Waals surface area contributed by atoms with Crippen LogP contribution < -0.4 is 0 Å². The second kappa shape index (κ2) is 10.1. The van der Waals surface area contributed by atoms with Crippen molar-refractivity contribution in [2.75, 3.05) is 0 Å². The fourth-order valence-corrected chi connectivity index (χ4v) is 5.94. The summed E-state index contributed by atoms with van der Waals surface area (Å²) in [6, 6.07) is 57.0. The molecule has 0 radical (unpaired) electrons. The molecule has 182 valence electrons. The zero-order valence-corrected chi connectivity index (χ0v) is 21.7. The van der Waals surface area contributed by atoms with Crippen molar-refractivity contribution in [1.82, 2.24) is 0 Å². The number of hydrogen-bond acceptors (Lipinski definition) is 0. The average Bonchev–Trinajstić information content (AvgIpc) is 3.37. The van der Waals surface area contributed by atoms with E-state index in [-0.39, 0.29) is 0 Å². The van der Waals surface area contributed by atoms with Gasteiger partial charge in [-0.25, -0.2) is 0 Å². The molecule has 0 saturated carbocycles. The van der Waals surface area contributed by atoms with Crippen LogP contribution in [-0.4, -0.2) is 0 Å². The Labute approximate surface area is 231 Å². The lowest BCUT2D eigenvalue weighted by Gasteiger charge is -2.14. The molecule has 0 heterocycles. The lowest BCUT2D eigenvalue weighted by molar-refractivity contribution is 1.18. The molecule has 0 amide bonds. The molecule has 0 N–H and O–H groups in total. The normalized spacial score (nSPS) is 11.5. The monoisotopic (exact) mass is 496 g/mol. The lowest BCUT2D eigenvalue weighted by Crippen LogP contribution is -2.05. The van der Waals surface area contributed by atoms with Gasteiger partial charge in [0.2, 0.25) is 0 Å². The van der Waals surface area contributed by atoms with Crippen molar-refractivity contribution < 1.29 is 0 Å². The zero-order chi connectivity index (χ0) is 26.0. The smallest absolute Gasteiger partial charge is 0.0511 e. The van der Waals surface area contributed by atoms with E-state index in [1.807, 2.05) is 0 Å². The summed E-state index contributed by atoms with van der Waals surface area (Å²) < 4.78 is 0. The fraction of sp³-hybridized carbons (Fsp3) is 0.0256. The van der Waals surface area contributed by atoms with Gasteiger partial charge in [0.05, 0.1) is 45.2 Å². The Morgan fingerprint density at radius 3 is 0.923 bits per heavy atom. The van der Waals surface area contributed by atoms with Crippen molar-refractivity contribution in [2.45, 2.75) is 6.42 Å². The van der Waals surface area contributed by atoms with Gasteiger partial charge in [-0.1, -0.05) is 24.3 Å². The van der Waals surface area contributed by atoms with Gasteiger partial charge in [-0.2, -0.15) is 0 Å². The van der Waals surface area contributed by atoms with Gasteiger partial charge in [-0.15, -0.1) is 0 Å². The third-order valence-corrected chi connectivity index (χ3v) is 7.71. The highest BCUT2D eigenvalue weighted by atomic mass is 14.3. The fourth-order valence-electron chi connectivity index (χ4n) is 5.94. The Bertz CT molecular complexity index is 1490. The van der Waals surface area contributed by atoms with E-state index in [1.165, 1.54) is 67.5 Å². The first kappa shape index (κ1) is 23.2.